The molecule has 0 fully saturated rings. The Balaban J connectivity index is 1.03. The third-order valence-corrected chi connectivity index (χ3v) is 16.2. The summed E-state index contributed by atoms with van der Waals surface area (Å²) >= 11 is 0. The second kappa shape index (κ2) is 13.8. The van der Waals surface area contributed by atoms with Gasteiger partial charge in [-0.1, -0.05) is 214 Å². The summed E-state index contributed by atoms with van der Waals surface area (Å²) < 4.78 is 0. The third kappa shape index (κ3) is 4.93. The van der Waals surface area contributed by atoms with Crippen molar-refractivity contribution in [1.82, 2.24) is 0 Å². The van der Waals surface area contributed by atoms with Crippen molar-refractivity contribution in [2.75, 3.05) is 4.90 Å². The van der Waals surface area contributed by atoms with Crippen LogP contribution in [0.15, 0.2) is 231 Å². The molecule has 0 aliphatic heterocycles. The molecule has 1 spiro atoms. The van der Waals surface area contributed by atoms with E-state index in [1.807, 2.05) is 0 Å². The molecule has 1 nitrogen and oxygen atoms in total. The van der Waals surface area contributed by atoms with E-state index < -0.39 is 5.41 Å². The average molecular weight is 854 g/mol. The lowest BCUT2D eigenvalue weighted by Crippen LogP contribution is -2.25. The predicted octanol–water partition coefficient (Wildman–Crippen LogP) is 16.8. The van der Waals surface area contributed by atoms with E-state index >= 15 is 0 Å². The third-order valence-electron chi connectivity index (χ3n) is 16.2. The summed E-state index contributed by atoms with van der Waals surface area (Å²) in [5, 5.41) is 0. The summed E-state index contributed by atoms with van der Waals surface area (Å²) in [6.07, 6.45) is 0. The Kier molecular flexibility index (Phi) is 7.87. The van der Waals surface area contributed by atoms with E-state index in [4.69, 9.17) is 0 Å². The van der Waals surface area contributed by atoms with Gasteiger partial charge >= 0.3 is 0 Å². The molecule has 0 heterocycles. The van der Waals surface area contributed by atoms with Crippen LogP contribution in [-0.2, 0) is 16.2 Å². The quantitative estimate of drug-likeness (QED) is 0.167. The van der Waals surface area contributed by atoms with Crippen molar-refractivity contribution in [3.05, 3.63) is 281 Å². The monoisotopic (exact) mass is 853 g/mol. The molecule has 10 aromatic rings. The van der Waals surface area contributed by atoms with Gasteiger partial charge in [0.25, 0.3) is 0 Å². The number of rotatable bonds is 5. The summed E-state index contributed by atoms with van der Waals surface area (Å²) in [5.74, 6) is 0. The van der Waals surface area contributed by atoms with E-state index in [0.717, 1.165) is 17.1 Å². The Morgan fingerprint density at radius 3 is 1.34 bits per heavy atom. The molecule has 0 radical (unpaired) electrons. The van der Waals surface area contributed by atoms with Crippen molar-refractivity contribution in [2.24, 2.45) is 0 Å². The van der Waals surface area contributed by atoms with Crippen LogP contribution in [0.5, 0.6) is 0 Å². The minimum atomic E-state index is -0.429. The first-order valence-electron chi connectivity index (χ1n) is 23.8. The van der Waals surface area contributed by atoms with E-state index in [1.54, 1.807) is 0 Å². The zero-order valence-corrected chi connectivity index (χ0v) is 37.9. The van der Waals surface area contributed by atoms with Crippen molar-refractivity contribution < 1.29 is 0 Å². The standard InChI is InChI=1S/C66H47N/c1-64(2)54-29-13-7-22-45(54)49-38-36-43(40-60(49)64)67(44-37-39-50-46-23-8-14-30-55(46)65(3,61(50)41-44)42-20-5-4-6-21-42)62-35-18-12-26-51(62)52-28-19-34-59-63(52)53-27-11-17-33-58(53)66(59)56-31-15-9-24-47(56)48-25-10-16-32-57(48)66/h4-41H,1-3H3. The molecule has 67 heavy (non-hydrogen) atoms. The van der Waals surface area contributed by atoms with Gasteiger partial charge < -0.3 is 4.90 Å². The van der Waals surface area contributed by atoms with Gasteiger partial charge in [-0.3, -0.25) is 0 Å². The van der Waals surface area contributed by atoms with Gasteiger partial charge in [0.15, 0.2) is 0 Å². The van der Waals surface area contributed by atoms with Crippen LogP contribution in [-0.4, -0.2) is 0 Å². The maximum Gasteiger partial charge on any atom is 0.0725 e. The van der Waals surface area contributed by atoms with E-state index in [2.05, 4.69) is 256 Å². The maximum atomic E-state index is 2.56. The summed E-state index contributed by atoms with van der Waals surface area (Å²) in [6, 6.07) is 87.1. The Morgan fingerprint density at radius 2 is 0.701 bits per heavy atom. The van der Waals surface area contributed by atoms with Crippen LogP contribution in [0.3, 0.4) is 0 Å². The molecule has 1 atom stereocenters. The highest BCUT2D eigenvalue weighted by Crippen LogP contribution is 2.65. The van der Waals surface area contributed by atoms with E-state index in [1.165, 1.54) is 106 Å². The van der Waals surface area contributed by atoms with Gasteiger partial charge in [-0.15, -0.1) is 0 Å². The van der Waals surface area contributed by atoms with Crippen LogP contribution in [0, 0.1) is 0 Å². The molecule has 14 rings (SSSR count). The van der Waals surface area contributed by atoms with Crippen LogP contribution in [0.1, 0.15) is 70.8 Å². The van der Waals surface area contributed by atoms with Crippen molar-refractivity contribution in [3.8, 4) is 55.6 Å². The Morgan fingerprint density at radius 1 is 0.284 bits per heavy atom. The minimum absolute atomic E-state index is 0.162. The number of fused-ring (bicyclic) bond motifs is 16. The lowest BCUT2D eigenvalue weighted by atomic mass is 9.70. The predicted molar refractivity (Wildman–Crippen MR) is 278 cm³/mol. The summed E-state index contributed by atoms with van der Waals surface area (Å²) in [5.41, 5.74) is 27.5. The molecule has 0 bridgehead atoms. The normalized spacial score (nSPS) is 16.6. The van der Waals surface area contributed by atoms with Gasteiger partial charge in [-0.2, -0.15) is 0 Å². The van der Waals surface area contributed by atoms with E-state index in [9.17, 15) is 0 Å². The Bertz CT molecular complexity index is 3660. The van der Waals surface area contributed by atoms with Gasteiger partial charge in [0, 0.05) is 27.8 Å². The van der Waals surface area contributed by atoms with E-state index in [0.29, 0.717) is 0 Å². The van der Waals surface area contributed by atoms with Crippen molar-refractivity contribution in [2.45, 2.75) is 37.0 Å². The van der Waals surface area contributed by atoms with Gasteiger partial charge in [0.05, 0.1) is 11.1 Å². The number of anilines is 3. The second-order valence-electron chi connectivity index (χ2n) is 19.6. The fraction of sp³-hybridized carbons (Fsp3) is 0.0909. The Hall–Kier alpha value is -8.00. The molecule has 0 saturated heterocycles. The number of benzene rings is 10. The molecule has 0 aromatic heterocycles. The van der Waals surface area contributed by atoms with Crippen LogP contribution >= 0.6 is 0 Å². The molecule has 0 saturated carbocycles. The highest BCUT2D eigenvalue weighted by molar-refractivity contribution is 6.03. The zero-order valence-electron chi connectivity index (χ0n) is 37.9. The van der Waals surface area contributed by atoms with Gasteiger partial charge in [0.1, 0.15) is 0 Å². The molecule has 1 heteroatoms. The molecule has 4 aliphatic carbocycles. The van der Waals surface area contributed by atoms with Crippen molar-refractivity contribution in [1.29, 1.82) is 0 Å². The highest BCUT2D eigenvalue weighted by Gasteiger charge is 2.52. The lowest BCUT2D eigenvalue weighted by Gasteiger charge is -2.33. The van der Waals surface area contributed by atoms with Gasteiger partial charge in [-0.25, -0.2) is 0 Å². The van der Waals surface area contributed by atoms with E-state index in [-0.39, 0.29) is 10.8 Å². The molecule has 0 N–H and O–H groups in total. The fourth-order valence-electron chi connectivity index (χ4n) is 13.2. The number of hydrogen-bond acceptors (Lipinski definition) is 1. The number of hydrogen-bond donors (Lipinski definition) is 0. The first-order valence-corrected chi connectivity index (χ1v) is 23.8. The Labute approximate surface area is 393 Å². The number of para-hydroxylation sites is 1. The molecule has 1 unspecified atom stereocenters. The largest absolute Gasteiger partial charge is 0.310 e. The molecule has 10 aromatic carbocycles. The SMILES string of the molecule is CC1(C)c2ccccc2-c2ccc(N(c3ccc4c(c3)C(C)(c3ccccc3)c3ccccc3-4)c3ccccc3-c3cccc4c3-c3ccccc3C43c4ccccc4-c4ccccc43)cc21. The van der Waals surface area contributed by atoms with Gasteiger partial charge in [-0.05, 0) is 137 Å². The van der Waals surface area contributed by atoms with Crippen LogP contribution in [0.4, 0.5) is 17.1 Å². The smallest absolute Gasteiger partial charge is 0.0725 e. The first kappa shape index (κ1) is 38.3. The highest BCUT2D eigenvalue weighted by atomic mass is 15.1. The van der Waals surface area contributed by atoms with Crippen molar-refractivity contribution in [3.63, 3.8) is 0 Å². The maximum absolute atomic E-state index is 2.56. The molecular formula is C66H47N. The number of nitrogens with zero attached hydrogens (tertiary/aromatic N) is 1. The molecule has 0 amide bonds. The van der Waals surface area contributed by atoms with Crippen LogP contribution in [0.2, 0.25) is 0 Å². The molecular weight excluding hydrogens is 807 g/mol. The zero-order chi connectivity index (χ0) is 44.6. The topological polar surface area (TPSA) is 3.24 Å². The first-order chi connectivity index (χ1) is 32.9. The minimum Gasteiger partial charge on any atom is -0.310 e. The summed E-state index contributed by atoms with van der Waals surface area (Å²) in [4.78, 5) is 2.56. The average Bonchev–Trinajstić information content (AvgIpc) is 4.03. The summed E-state index contributed by atoms with van der Waals surface area (Å²) in [6.45, 7) is 7.19. The second-order valence-corrected chi connectivity index (χ2v) is 19.6. The van der Waals surface area contributed by atoms with Gasteiger partial charge in [0.2, 0.25) is 0 Å². The van der Waals surface area contributed by atoms with Crippen LogP contribution in [0.25, 0.3) is 55.6 Å². The van der Waals surface area contributed by atoms with Crippen molar-refractivity contribution >= 4 is 17.1 Å². The lowest BCUT2D eigenvalue weighted by molar-refractivity contribution is 0.660. The summed E-state index contributed by atoms with van der Waals surface area (Å²) in [7, 11) is 0. The molecule has 316 valence electrons. The molecule has 4 aliphatic rings. The van der Waals surface area contributed by atoms with Crippen LogP contribution < -0.4 is 4.90 Å². The fourth-order valence-corrected chi connectivity index (χ4v) is 13.2.